The molecule has 0 aromatic heterocycles. The zero-order valence-electron chi connectivity index (χ0n) is 17.8. The maximum absolute atomic E-state index is 13.0. The molecule has 0 aliphatic carbocycles. The Morgan fingerprint density at radius 3 is 2.09 bits per heavy atom. The molecule has 182 valence electrons. The first-order chi connectivity index (χ1) is 15.9. The maximum atomic E-state index is 13.0. The highest BCUT2D eigenvalue weighted by Crippen LogP contribution is 2.38. The number of fused-ring (bicyclic) bond motifs is 1. The van der Waals surface area contributed by atoms with Crippen LogP contribution in [0, 0.1) is 0 Å². The molecule has 11 heteroatoms. The summed E-state index contributed by atoms with van der Waals surface area (Å²) < 4.78 is 77.2. The fraction of sp³-hybridized carbons (Fsp3) is 0.391. The Kier molecular flexibility index (Phi) is 6.22. The van der Waals surface area contributed by atoms with Crippen molar-refractivity contribution < 1.29 is 35.9 Å². The van der Waals surface area contributed by atoms with Crippen molar-refractivity contribution in [2.75, 3.05) is 29.9 Å². The van der Waals surface area contributed by atoms with Crippen LogP contribution in [-0.2, 0) is 28.4 Å². The van der Waals surface area contributed by atoms with Gasteiger partial charge in [-0.3, -0.25) is 9.59 Å². The van der Waals surface area contributed by atoms with Crippen LogP contribution in [0.3, 0.4) is 0 Å². The third-order valence-electron chi connectivity index (χ3n) is 6.12. The molecule has 2 aromatic rings. The Labute approximate surface area is 191 Å². The topological polar surface area (TPSA) is 52.7 Å². The highest BCUT2D eigenvalue weighted by atomic mass is 19.4. The average Bonchev–Trinajstić information content (AvgIpc) is 2.77. The van der Waals surface area contributed by atoms with Crippen molar-refractivity contribution in [2.45, 2.75) is 37.7 Å². The number of amides is 2. The van der Waals surface area contributed by atoms with Gasteiger partial charge in [-0.2, -0.15) is 26.3 Å². The fourth-order valence-electron chi connectivity index (χ4n) is 4.34. The summed E-state index contributed by atoms with van der Waals surface area (Å²) >= 11 is 0. The Hall–Kier alpha value is -3.24. The third kappa shape index (κ3) is 5.13. The summed E-state index contributed by atoms with van der Waals surface area (Å²) in [5.41, 5.74) is -0.550. The molecule has 1 fully saturated rings. The molecular weight excluding hydrogens is 464 g/mol. The highest BCUT2D eigenvalue weighted by Gasteiger charge is 2.35. The molecule has 1 saturated heterocycles. The van der Waals surface area contributed by atoms with E-state index in [4.69, 9.17) is 0 Å². The van der Waals surface area contributed by atoms with E-state index < -0.39 is 29.4 Å². The minimum atomic E-state index is -4.53. The lowest BCUT2D eigenvalue weighted by atomic mass is 9.99. The molecule has 2 aliphatic heterocycles. The largest absolute Gasteiger partial charge is 0.416 e. The maximum Gasteiger partial charge on any atom is 0.416 e. The molecular formula is C23H21F6N3O2. The number of hydrogen-bond donors (Lipinski definition) is 1. The van der Waals surface area contributed by atoms with E-state index in [1.54, 1.807) is 9.80 Å². The van der Waals surface area contributed by atoms with Crippen LogP contribution in [0.25, 0.3) is 0 Å². The fourth-order valence-corrected chi connectivity index (χ4v) is 4.34. The van der Waals surface area contributed by atoms with E-state index >= 15 is 0 Å². The van der Waals surface area contributed by atoms with E-state index in [2.05, 4.69) is 5.32 Å². The second-order valence-corrected chi connectivity index (χ2v) is 8.39. The number of anilines is 2. The van der Waals surface area contributed by atoms with E-state index in [9.17, 15) is 35.9 Å². The molecule has 0 bridgehead atoms. The summed E-state index contributed by atoms with van der Waals surface area (Å²) in [7, 11) is 0. The van der Waals surface area contributed by atoms with Gasteiger partial charge in [0.1, 0.15) is 0 Å². The van der Waals surface area contributed by atoms with Crippen molar-refractivity contribution >= 4 is 23.2 Å². The van der Waals surface area contributed by atoms with Crippen LogP contribution in [0.2, 0.25) is 0 Å². The summed E-state index contributed by atoms with van der Waals surface area (Å²) in [6, 6.07) is 7.55. The lowest BCUT2D eigenvalue weighted by Gasteiger charge is -2.42. The number of benzene rings is 2. The third-order valence-corrected chi connectivity index (χ3v) is 6.12. The molecule has 2 aliphatic rings. The molecule has 2 heterocycles. The van der Waals surface area contributed by atoms with Gasteiger partial charge < -0.3 is 15.1 Å². The predicted molar refractivity (Wildman–Crippen MR) is 112 cm³/mol. The van der Waals surface area contributed by atoms with E-state index in [1.165, 1.54) is 18.2 Å². The molecule has 0 unspecified atom stereocenters. The number of alkyl halides is 6. The van der Waals surface area contributed by atoms with Gasteiger partial charge in [0.2, 0.25) is 11.8 Å². The van der Waals surface area contributed by atoms with E-state index in [0.717, 1.165) is 24.3 Å². The van der Waals surface area contributed by atoms with Crippen LogP contribution >= 0.6 is 0 Å². The lowest BCUT2D eigenvalue weighted by Crippen LogP contribution is -2.51. The van der Waals surface area contributed by atoms with Crippen molar-refractivity contribution in [1.82, 2.24) is 4.90 Å². The first kappa shape index (κ1) is 23.9. The molecule has 2 aromatic carbocycles. The number of likely N-dealkylation sites (tertiary alicyclic amines) is 1. The summed E-state index contributed by atoms with van der Waals surface area (Å²) in [5, 5.41) is 2.49. The van der Waals surface area contributed by atoms with Gasteiger partial charge in [0.05, 0.1) is 35.5 Å². The Bertz CT molecular complexity index is 1070. The Morgan fingerprint density at radius 1 is 0.912 bits per heavy atom. The van der Waals surface area contributed by atoms with Crippen LogP contribution in [0.4, 0.5) is 37.7 Å². The monoisotopic (exact) mass is 485 g/mol. The van der Waals surface area contributed by atoms with Crippen LogP contribution in [-0.4, -0.2) is 42.4 Å². The number of rotatable bonds is 3. The number of nitrogens with one attached hydrogen (secondary N) is 1. The van der Waals surface area contributed by atoms with Gasteiger partial charge in [0, 0.05) is 19.1 Å². The van der Waals surface area contributed by atoms with E-state index in [1.807, 2.05) is 0 Å². The van der Waals surface area contributed by atoms with Crippen molar-refractivity contribution in [3.05, 3.63) is 59.2 Å². The molecule has 2 amide bonds. The quantitative estimate of drug-likeness (QED) is 0.641. The number of nitrogens with zero attached hydrogens (tertiary/aromatic N) is 2. The molecule has 0 atom stereocenters. The smallest absolute Gasteiger partial charge is 0.357 e. The van der Waals surface area contributed by atoms with Gasteiger partial charge >= 0.3 is 12.4 Å². The van der Waals surface area contributed by atoms with Crippen LogP contribution in [0.5, 0.6) is 0 Å². The first-order valence-corrected chi connectivity index (χ1v) is 10.6. The number of carbonyl (C=O) groups is 2. The average molecular weight is 485 g/mol. The Balaban J connectivity index is 1.39. The summed E-state index contributed by atoms with van der Waals surface area (Å²) in [5.74, 6) is -0.627. The van der Waals surface area contributed by atoms with E-state index in [-0.39, 0.29) is 30.6 Å². The van der Waals surface area contributed by atoms with Crippen molar-refractivity contribution in [3.8, 4) is 0 Å². The number of hydrogen-bond acceptors (Lipinski definition) is 3. The molecule has 0 spiro atoms. The highest BCUT2D eigenvalue weighted by molar-refractivity contribution is 6.01. The standard InChI is InChI=1S/C23H21F6N3O2/c24-22(25,26)15-3-1-14(2-4-15)11-21(34)31-9-7-17(8-10-31)32-13-20(33)30-18-12-16(23(27,28)29)5-6-19(18)32/h1-6,12,17H,7-11,13H2,(H,30,33). The molecule has 0 saturated carbocycles. The zero-order valence-corrected chi connectivity index (χ0v) is 17.8. The van der Waals surface area contributed by atoms with Gasteiger partial charge in [0.15, 0.2) is 0 Å². The van der Waals surface area contributed by atoms with Crippen LogP contribution < -0.4 is 10.2 Å². The van der Waals surface area contributed by atoms with Crippen LogP contribution in [0.15, 0.2) is 42.5 Å². The first-order valence-electron chi connectivity index (χ1n) is 10.6. The molecule has 1 N–H and O–H groups in total. The SMILES string of the molecule is O=C1CN(C2CCN(C(=O)Cc3ccc(C(F)(F)F)cc3)CC2)c2ccc(C(F)(F)F)cc2N1. The number of carbonyl (C=O) groups excluding carboxylic acids is 2. The Morgan fingerprint density at radius 2 is 1.50 bits per heavy atom. The predicted octanol–water partition coefficient (Wildman–Crippen LogP) is 4.72. The van der Waals surface area contributed by atoms with Gasteiger partial charge in [-0.1, -0.05) is 12.1 Å². The summed E-state index contributed by atoms with van der Waals surface area (Å²) in [6.07, 6.45) is -7.99. The van der Waals surface area contributed by atoms with Crippen LogP contribution in [0.1, 0.15) is 29.5 Å². The van der Waals surface area contributed by atoms with Crippen molar-refractivity contribution in [1.29, 1.82) is 0 Å². The number of piperidine rings is 1. The second-order valence-electron chi connectivity index (χ2n) is 8.39. The molecule has 4 rings (SSSR count). The van der Waals surface area contributed by atoms with Crippen molar-refractivity contribution in [2.24, 2.45) is 0 Å². The zero-order chi connectivity index (χ0) is 24.7. The normalized spacial score (nSPS) is 17.4. The van der Waals surface area contributed by atoms with Crippen molar-refractivity contribution in [3.63, 3.8) is 0 Å². The summed E-state index contributed by atoms with van der Waals surface area (Å²) in [6.45, 7) is 0.749. The molecule has 34 heavy (non-hydrogen) atoms. The minimum Gasteiger partial charge on any atom is -0.357 e. The molecule has 5 nitrogen and oxygen atoms in total. The van der Waals surface area contributed by atoms with Gasteiger partial charge in [0.25, 0.3) is 0 Å². The van der Waals surface area contributed by atoms with Gasteiger partial charge in [-0.15, -0.1) is 0 Å². The summed E-state index contributed by atoms with van der Waals surface area (Å²) in [4.78, 5) is 28.2. The van der Waals surface area contributed by atoms with Gasteiger partial charge in [-0.25, -0.2) is 0 Å². The molecule has 0 radical (unpaired) electrons. The number of halogens is 6. The lowest BCUT2D eigenvalue weighted by molar-refractivity contribution is -0.138. The van der Waals surface area contributed by atoms with E-state index in [0.29, 0.717) is 37.2 Å². The minimum absolute atomic E-state index is 0.00251. The van der Waals surface area contributed by atoms with Gasteiger partial charge in [-0.05, 0) is 48.7 Å². The second kappa shape index (κ2) is 8.84.